The minimum atomic E-state index is -0.516. The second kappa shape index (κ2) is 7.00. The van der Waals surface area contributed by atoms with Crippen LogP contribution < -0.4 is 5.32 Å². The van der Waals surface area contributed by atoms with Gasteiger partial charge in [0.25, 0.3) is 11.6 Å². The summed E-state index contributed by atoms with van der Waals surface area (Å²) in [7, 11) is 0. The van der Waals surface area contributed by atoms with E-state index in [0.717, 1.165) is 11.1 Å². The minimum absolute atomic E-state index is 0.131. The van der Waals surface area contributed by atoms with Gasteiger partial charge in [-0.15, -0.1) is 0 Å². The summed E-state index contributed by atoms with van der Waals surface area (Å²) in [5.41, 5.74) is 1.64. The van der Waals surface area contributed by atoms with Crippen molar-refractivity contribution in [3.8, 4) is 0 Å². The average Bonchev–Trinajstić information content (AvgIpc) is 2.49. The molecule has 2 aromatic rings. The lowest BCUT2D eigenvalue weighted by Crippen LogP contribution is -2.12. The first-order chi connectivity index (χ1) is 10.5. The molecular formula is C16H13BrN2O3. The molecule has 0 spiro atoms. The second-order valence-corrected chi connectivity index (χ2v) is 5.49. The van der Waals surface area contributed by atoms with E-state index in [1.807, 2.05) is 30.3 Å². The third kappa shape index (κ3) is 4.02. The Morgan fingerprint density at radius 1 is 1.23 bits per heavy atom. The number of carbonyl (C=O) groups excluding carboxylic acids is 1. The fourth-order valence-electron chi connectivity index (χ4n) is 1.84. The van der Waals surface area contributed by atoms with Gasteiger partial charge in [0, 0.05) is 6.07 Å². The van der Waals surface area contributed by atoms with Crippen LogP contribution in [-0.4, -0.2) is 10.8 Å². The van der Waals surface area contributed by atoms with Gasteiger partial charge in [0.05, 0.1) is 9.41 Å². The van der Waals surface area contributed by atoms with Crippen LogP contribution in [0.5, 0.6) is 0 Å². The summed E-state index contributed by atoms with van der Waals surface area (Å²) in [6, 6.07) is 13.9. The Bertz CT molecular complexity index is 742. The van der Waals surface area contributed by atoms with E-state index in [1.165, 1.54) is 12.1 Å². The maximum absolute atomic E-state index is 12.1. The molecule has 0 aromatic heterocycles. The van der Waals surface area contributed by atoms with Crippen LogP contribution in [0.4, 0.5) is 11.4 Å². The first-order valence-corrected chi connectivity index (χ1v) is 7.25. The summed E-state index contributed by atoms with van der Waals surface area (Å²) in [4.78, 5) is 22.7. The van der Waals surface area contributed by atoms with Crippen molar-refractivity contribution in [3.63, 3.8) is 0 Å². The number of rotatable bonds is 4. The predicted octanol–water partition coefficient (Wildman–Crippen LogP) is 4.28. The van der Waals surface area contributed by atoms with E-state index in [1.54, 1.807) is 19.1 Å². The molecule has 2 aromatic carbocycles. The van der Waals surface area contributed by atoms with Gasteiger partial charge in [0.2, 0.25) is 0 Å². The van der Waals surface area contributed by atoms with Gasteiger partial charge in [-0.1, -0.05) is 36.4 Å². The second-order valence-electron chi connectivity index (χ2n) is 4.63. The van der Waals surface area contributed by atoms with Gasteiger partial charge >= 0.3 is 0 Å². The molecule has 0 saturated carbocycles. The number of hydrogen-bond acceptors (Lipinski definition) is 3. The van der Waals surface area contributed by atoms with E-state index in [4.69, 9.17) is 0 Å². The van der Waals surface area contributed by atoms with Crippen molar-refractivity contribution in [1.82, 2.24) is 0 Å². The van der Waals surface area contributed by atoms with Crippen LogP contribution in [-0.2, 0) is 4.79 Å². The molecule has 0 aliphatic rings. The van der Waals surface area contributed by atoms with Gasteiger partial charge in [-0.25, -0.2) is 0 Å². The Balaban J connectivity index is 2.22. The molecule has 0 saturated heterocycles. The molecule has 0 fully saturated rings. The van der Waals surface area contributed by atoms with E-state index in [-0.39, 0.29) is 15.9 Å². The van der Waals surface area contributed by atoms with Crippen molar-refractivity contribution in [2.45, 2.75) is 6.92 Å². The number of halogens is 1. The Labute approximate surface area is 135 Å². The van der Waals surface area contributed by atoms with Gasteiger partial charge in [0.1, 0.15) is 5.69 Å². The number of aryl methyl sites for hydroxylation is 1. The van der Waals surface area contributed by atoms with Crippen molar-refractivity contribution in [3.05, 3.63) is 74.3 Å². The zero-order chi connectivity index (χ0) is 16.1. The highest BCUT2D eigenvalue weighted by atomic mass is 79.9. The number of nitro groups is 1. The lowest BCUT2D eigenvalue weighted by Gasteiger charge is -2.06. The molecule has 0 radical (unpaired) electrons. The molecule has 1 N–H and O–H groups in total. The number of benzene rings is 2. The van der Waals surface area contributed by atoms with Crippen molar-refractivity contribution >= 4 is 39.3 Å². The largest absolute Gasteiger partial charge is 0.316 e. The van der Waals surface area contributed by atoms with Gasteiger partial charge in [-0.3, -0.25) is 14.9 Å². The molecular weight excluding hydrogens is 348 g/mol. The lowest BCUT2D eigenvalue weighted by atomic mass is 10.2. The first kappa shape index (κ1) is 15.9. The van der Waals surface area contributed by atoms with Crippen molar-refractivity contribution in [1.29, 1.82) is 0 Å². The highest BCUT2D eigenvalue weighted by molar-refractivity contribution is 9.12. The van der Waals surface area contributed by atoms with Crippen LogP contribution in [0.2, 0.25) is 0 Å². The summed E-state index contributed by atoms with van der Waals surface area (Å²) in [6.45, 7) is 1.75. The highest BCUT2D eigenvalue weighted by Gasteiger charge is 2.17. The predicted molar refractivity (Wildman–Crippen MR) is 89.8 cm³/mol. The maximum atomic E-state index is 12.1. The fourth-order valence-corrected chi connectivity index (χ4v) is 2.21. The number of nitrogens with zero attached hydrogens (tertiary/aromatic N) is 1. The maximum Gasteiger partial charge on any atom is 0.293 e. The zero-order valence-electron chi connectivity index (χ0n) is 11.7. The zero-order valence-corrected chi connectivity index (χ0v) is 13.3. The van der Waals surface area contributed by atoms with Crippen molar-refractivity contribution in [2.75, 3.05) is 5.32 Å². The summed E-state index contributed by atoms with van der Waals surface area (Å²) in [5.74, 6) is -0.448. The van der Waals surface area contributed by atoms with E-state index in [2.05, 4.69) is 21.2 Å². The van der Waals surface area contributed by atoms with Crippen LogP contribution in [0.1, 0.15) is 11.1 Å². The lowest BCUT2D eigenvalue weighted by molar-refractivity contribution is -0.384. The monoisotopic (exact) mass is 360 g/mol. The molecule has 0 heterocycles. The molecule has 1 amide bonds. The van der Waals surface area contributed by atoms with E-state index in [0.29, 0.717) is 0 Å². The van der Waals surface area contributed by atoms with Crippen molar-refractivity contribution < 1.29 is 9.72 Å². The summed E-state index contributed by atoms with van der Waals surface area (Å²) in [6.07, 6.45) is 1.65. The Hall–Kier alpha value is -2.47. The van der Waals surface area contributed by atoms with Crippen molar-refractivity contribution in [2.24, 2.45) is 0 Å². The van der Waals surface area contributed by atoms with E-state index >= 15 is 0 Å². The summed E-state index contributed by atoms with van der Waals surface area (Å²) < 4.78 is 0.286. The molecule has 0 aliphatic heterocycles. The number of carbonyl (C=O) groups is 1. The van der Waals surface area contributed by atoms with Crippen LogP contribution in [0.25, 0.3) is 6.08 Å². The molecule has 0 aliphatic carbocycles. The minimum Gasteiger partial charge on any atom is -0.316 e. The van der Waals surface area contributed by atoms with Crippen LogP contribution in [0, 0.1) is 17.0 Å². The molecule has 2 rings (SSSR count). The summed E-state index contributed by atoms with van der Waals surface area (Å²) in [5, 5.41) is 13.6. The third-order valence-electron chi connectivity index (χ3n) is 2.91. The highest BCUT2D eigenvalue weighted by Crippen LogP contribution is 2.26. The van der Waals surface area contributed by atoms with E-state index < -0.39 is 10.8 Å². The Morgan fingerprint density at radius 3 is 2.55 bits per heavy atom. The smallest absolute Gasteiger partial charge is 0.293 e. The van der Waals surface area contributed by atoms with Gasteiger partial charge in [-0.05, 0) is 46.1 Å². The fraction of sp³-hybridized carbons (Fsp3) is 0.0625. The van der Waals surface area contributed by atoms with Gasteiger partial charge < -0.3 is 5.32 Å². The Morgan fingerprint density at radius 2 is 1.91 bits per heavy atom. The van der Waals surface area contributed by atoms with Crippen LogP contribution in [0.15, 0.2) is 53.0 Å². The number of nitrogens with one attached hydrogen (secondary N) is 1. The number of anilines is 1. The Kier molecular flexibility index (Phi) is 5.06. The number of amides is 1. The van der Waals surface area contributed by atoms with Gasteiger partial charge in [-0.2, -0.15) is 0 Å². The van der Waals surface area contributed by atoms with Gasteiger partial charge in [0.15, 0.2) is 0 Å². The molecule has 0 atom stereocenters. The SMILES string of the molecule is Cc1ccc(NC(=O)/C(Br)=C/c2ccccc2)c([N+](=O)[O-])c1. The van der Waals surface area contributed by atoms with Crippen LogP contribution >= 0.6 is 15.9 Å². The molecule has 5 nitrogen and oxygen atoms in total. The molecule has 6 heteroatoms. The first-order valence-electron chi connectivity index (χ1n) is 6.46. The average molecular weight is 361 g/mol. The third-order valence-corrected chi connectivity index (χ3v) is 3.50. The molecule has 112 valence electrons. The molecule has 22 heavy (non-hydrogen) atoms. The van der Waals surface area contributed by atoms with Crippen LogP contribution in [0.3, 0.4) is 0 Å². The quantitative estimate of drug-likeness (QED) is 0.502. The number of hydrogen-bond donors (Lipinski definition) is 1. The standard InChI is InChI=1S/C16H13BrN2O3/c1-11-7-8-14(15(9-11)19(21)22)18-16(20)13(17)10-12-5-3-2-4-6-12/h2-10H,1H3,(H,18,20)/b13-10-. The molecule has 0 bridgehead atoms. The van der Waals surface area contributed by atoms with E-state index in [9.17, 15) is 14.9 Å². The normalized spacial score (nSPS) is 11.1. The topological polar surface area (TPSA) is 72.2 Å². The summed E-state index contributed by atoms with van der Waals surface area (Å²) >= 11 is 3.19. The number of nitro benzene ring substituents is 1. The molecule has 0 unspecified atom stereocenters.